The van der Waals surface area contributed by atoms with E-state index in [4.69, 9.17) is 9.97 Å². The van der Waals surface area contributed by atoms with Crippen molar-refractivity contribution < 1.29 is 0 Å². The molecule has 1 aliphatic rings. The summed E-state index contributed by atoms with van der Waals surface area (Å²) in [6.07, 6.45) is 3.65. The Balaban J connectivity index is 1.13. The van der Waals surface area contributed by atoms with Gasteiger partial charge in [-0.1, -0.05) is 135 Å². The number of benzene rings is 6. The molecule has 0 amide bonds. The molecule has 6 aromatic carbocycles. The Morgan fingerprint density at radius 1 is 0.449 bits per heavy atom. The first-order chi connectivity index (χ1) is 24.0. The lowest BCUT2D eigenvalue weighted by Crippen LogP contribution is -2.15. The van der Waals surface area contributed by atoms with E-state index >= 15 is 0 Å². The van der Waals surface area contributed by atoms with E-state index in [2.05, 4.69) is 152 Å². The number of pyridine rings is 1. The molecule has 8 aromatic rings. The predicted molar refractivity (Wildman–Crippen MR) is 202 cm³/mol. The molecule has 3 nitrogen and oxygen atoms in total. The molecule has 0 atom stereocenters. The maximum absolute atomic E-state index is 5.14. The summed E-state index contributed by atoms with van der Waals surface area (Å²) in [4.78, 5) is 14.5. The minimum absolute atomic E-state index is 0.0781. The highest BCUT2D eigenvalue weighted by Gasteiger charge is 2.36. The van der Waals surface area contributed by atoms with Crippen LogP contribution in [0.5, 0.6) is 0 Å². The Morgan fingerprint density at radius 2 is 1.10 bits per heavy atom. The van der Waals surface area contributed by atoms with E-state index in [-0.39, 0.29) is 5.41 Å². The number of rotatable bonds is 5. The molecule has 0 radical (unpaired) electrons. The first kappa shape index (κ1) is 29.0. The van der Waals surface area contributed by atoms with Crippen molar-refractivity contribution in [1.82, 2.24) is 15.0 Å². The van der Waals surface area contributed by atoms with E-state index in [1.54, 1.807) is 6.20 Å². The van der Waals surface area contributed by atoms with Gasteiger partial charge in [-0.2, -0.15) is 0 Å². The summed E-state index contributed by atoms with van der Waals surface area (Å²) in [5, 5.41) is 2.63. The van der Waals surface area contributed by atoms with Crippen LogP contribution in [0.15, 0.2) is 164 Å². The fourth-order valence-electron chi connectivity index (χ4n) is 7.48. The van der Waals surface area contributed by atoms with Gasteiger partial charge in [-0.05, 0) is 85.6 Å². The molecule has 49 heavy (non-hydrogen) atoms. The summed E-state index contributed by atoms with van der Waals surface area (Å²) in [6, 6.07) is 54.0. The Kier molecular flexibility index (Phi) is 6.80. The van der Waals surface area contributed by atoms with Crippen molar-refractivity contribution in [1.29, 1.82) is 0 Å². The van der Waals surface area contributed by atoms with Gasteiger partial charge in [-0.15, -0.1) is 0 Å². The normalized spacial score (nSPS) is 12.9. The second kappa shape index (κ2) is 11.5. The van der Waals surface area contributed by atoms with E-state index < -0.39 is 0 Å². The molecule has 9 rings (SSSR count). The molecule has 0 unspecified atom stereocenters. The molecular weight excluding hydrogens is 595 g/mol. The van der Waals surface area contributed by atoms with E-state index in [9.17, 15) is 0 Å². The van der Waals surface area contributed by atoms with Crippen LogP contribution in [0, 0.1) is 0 Å². The van der Waals surface area contributed by atoms with Crippen molar-refractivity contribution in [3.8, 4) is 67.3 Å². The van der Waals surface area contributed by atoms with Gasteiger partial charge in [-0.3, -0.25) is 4.98 Å². The zero-order chi connectivity index (χ0) is 33.0. The van der Waals surface area contributed by atoms with Crippen LogP contribution >= 0.6 is 0 Å². The van der Waals surface area contributed by atoms with Crippen molar-refractivity contribution in [2.24, 2.45) is 0 Å². The monoisotopic (exact) mass is 627 g/mol. The van der Waals surface area contributed by atoms with Crippen LogP contribution in [0.2, 0.25) is 0 Å². The average Bonchev–Trinajstić information content (AvgIpc) is 3.41. The SMILES string of the molecule is CC1(C)c2ccc(-c3cccc(-c4cc(-c5cccnc5)nc(-c5ccc(-c6ccccc6)cc5)n4)c3)cc2-c2ccc3ccccc3c21. The number of hydrogen-bond donors (Lipinski definition) is 0. The van der Waals surface area contributed by atoms with Gasteiger partial charge in [0.25, 0.3) is 0 Å². The van der Waals surface area contributed by atoms with E-state index in [0.717, 1.165) is 39.2 Å². The molecule has 0 saturated heterocycles. The lowest BCUT2D eigenvalue weighted by molar-refractivity contribution is 0.666. The van der Waals surface area contributed by atoms with Crippen LogP contribution in [-0.4, -0.2) is 15.0 Å². The number of hydrogen-bond acceptors (Lipinski definition) is 3. The molecule has 2 heterocycles. The quantitative estimate of drug-likeness (QED) is 0.191. The minimum Gasteiger partial charge on any atom is -0.264 e. The number of nitrogens with zero attached hydrogens (tertiary/aromatic N) is 3. The summed E-state index contributed by atoms with van der Waals surface area (Å²) < 4.78 is 0. The van der Waals surface area contributed by atoms with Crippen LogP contribution < -0.4 is 0 Å². The van der Waals surface area contributed by atoms with Gasteiger partial charge in [0.15, 0.2) is 5.82 Å². The number of fused-ring (bicyclic) bond motifs is 5. The van der Waals surface area contributed by atoms with Gasteiger partial charge in [0.2, 0.25) is 0 Å². The largest absolute Gasteiger partial charge is 0.264 e. The van der Waals surface area contributed by atoms with Crippen LogP contribution in [0.3, 0.4) is 0 Å². The summed E-state index contributed by atoms with van der Waals surface area (Å²) in [5.41, 5.74) is 14.7. The van der Waals surface area contributed by atoms with Gasteiger partial charge in [0.1, 0.15) is 0 Å². The van der Waals surface area contributed by atoms with E-state index in [1.807, 2.05) is 24.4 Å². The van der Waals surface area contributed by atoms with Gasteiger partial charge >= 0.3 is 0 Å². The van der Waals surface area contributed by atoms with Crippen LogP contribution in [0.1, 0.15) is 25.0 Å². The Hall–Kier alpha value is -6.19. The maximum atomic E-state index is 5.14. The van der Waals surface area contributed by atoms with Gasteiger partial charge in [0, 0.05) is 34.5 Å². The topological polar surface area (TPSA) is 38.7 Å². The molecule has 2 aromatic heterocycles. The van der Waals surface area contributed by atoms with Crippen LogP contribution in [-0.2, 0) is 5.41 Å². The molecule has 0 aliphatic heterocycles. The average molecular weight is 628 g/mol. The molecule has 0 saturated carbocycles. The third-order valence-electron chi connectivity index (χ3n) is 9.96. The van der Waals surface area contributed by atoms with Crippen molar-refractivity contribution >= 4 is 10.8 Å². The van der Waals surface area contributed by atoms with Gasteiger partial charge in [0.05, 0.1) is 11.4 Å². The fraction of sp³-hybridized carbons (Fsp3) is 0.0652. The number of aromatic nitrogens is 3. The molecule has 3 heteroatoms. The molecule has 0 bridgehead atoms. The van der Waals surface area contributed by atoms with Crippen molar-refractivity contribution in [3.05, 3.63) is 175 Å². The first-order valence-electron chi connectivity index (χ1n) is 16.8. The highest BCUT2D eigenvalue weighted by Crippen LogP contribution is 2.52. The summed E-state index contributed by atoms with van der Waals surface area (Å²) >= 11 is 0. The predicted octanol–water partition coefficient (Wildman–Crippen LogP) is 11.7. The lowest BCUT2D eigenvalue weighted by Gasteiger charge is -2.23. The molecule has 0 N–H and O–H groups in total. The molecule has 0 fully saturated rings. The van der Waals surface area contributed by atoms with Crippen LogP contribution in [0.25, 0.3) is 78.1 Å². The summed E-state index contributed by atoms with van der Waals surface area (Å²) in [6.45, 7) is 4.71. The molecule has 1 aliphatic carbocycles. The smallest absolute Gasteiger partial charge is 0.160 e. The third-order valence-corrected chi connectivity index (χ3v) is 9.96. The zero-order valence-electron chi connectivity index (χ0n) is 27.4. The Labute approximate surface area is 286 Å². The summed E-state index contributed by atoms with van der Waals surface area (Å²) in [7, 11) is 0. The standard InChI is InChI=1S/C46H33N3/c1-46(2)41-24-22-35(27-40(41)39-23-21-32-12-6-7-16-38(32)44(39)46)34-13-8-14-36(26-34)42-28-43(37-15-9-25-47-29-37)49-45(48-42)33-19-17-31(18-20-33)30-10-4-3-5-11-30/h3-29H,1-2H3. The maximum Gasteiger partial charge on any atom is 0.160 e. The molecular formula is C46H33N3. The lowest BCUT2D eigenvalue weighted by atomic mass is 9.80. The Morgan fingerprint density at radius 3 is 1.92 bits per heavy atom. The molecule has 232 valence electrons. The first-order valence-corrected chi connectivity index (χ1v) is 16.8. The highest BCUT2D eigenvalue weighted by molar-refractivity contribution is 5.98. The zero-order valence-corrected chi connectivity index (χ0v) is 27.4. The van der Waals surface area contributed by atoms with E-state index in [0.29, 0.717) is 5.82 Å². The van der Waals surface area contributed by atoms with Crippen LogP contribution in [0.4, 0.5) is 0 Å². The summed E-state index contributed by atoms with van der Waals surface area (Å²) in [5.74, 6) is 0.685. The second-order valence-electron chi connectivity index (χ2n) is 13.3. The van der Waals surface area contributed by atoms with Gasteiger partial charge < -0.3 is 0 Å². The van der Waals surface area contributed by atoms with Gasteiger partial charge in [-0.25, -0.2) is 9.97 Å². The van der Waals surface area contributed by atoms with E-state index in [1.165, 1.54) is 44.2 Å². The van der Waals surface area contributed by atoms with Crippen molar-refractivity contribution in [2.75, 3.05) is 0 Å². The third kappa shape index (κ3) is 5.03. The highest BCUT2D eigenvalue weighted by atomic mass is 14.9. The Bertz CT molecular complexity index is 2500. The second-order valence-corrected chi connectivity index (χ2v) is 13.3. The minimum atomic E-state index is -0.0781. The van der Waals surface area contributed by atoms with Crippen molar-refractivity contribution in [3.63, 3.8) is 0 Å². The van der Waals surface area contributed by atoms with Crippen molar-refractivity contribution in [2.45, 2.75) is 19.3 Å². The molecule has 0 spiro atoms. The fourth-order valence-corrected chi connectivity index (χ4v) is 7.48.